The highest BCUT2D eigenvalue weighted by molar-refractivity contribution is 5.68. The van der Waals surface area contributed by atoms with E-state index >= 15 is 0 Å². The first kappa shape index (κ1) is 16.3. The molecule has 3 rings (SSSR count). The minimum Gasteiger partial charge on any atom is -0.444 e. The van der Waals surface area contributed by atoms with Crippen molar-refractivity contribution in [2.75, 3.05) is 13.1 Å². The molecule has 0 bridgehead atoms. The fourth-order valence-corrected chi connectivity index (χ4v) is 3.52. The summed E-state index contributed by atoms with van der Waals surface area (Å²) in [7, 11) is 0. The molecule has 0 aromatic carbocycles. The van der Waals surface area contributed by atoms with Crippen LogP contribution in [-0.4, -0.2) is 45.3 Å². The van der Waals surface area contributed by atoms with Crippen LogP contribution in [0, 0.1) is 0 Å². The Morgan fingerprint density at radius 2 is 2.13 bits per heavy atom. The van der Waals surface area contributed by atoms with E-state index in [1.165, 1.54) is 5.69 Å². The lowest BCUT2D eigenvalue weighted by atomic mass is 9.96. The molecule has 2 aliphatic heterocycles. The molecule has 2 unspecified atom stereocenters. The smallest absolute Gasteiger partial charge is 0.410 e. The molecule has 1 aromatic rings. The summed E-state index contributed by atoms with van der Waals surface area (Å²) in [6, 6.07) is 0.247. The number of fused-ring (bicyclic) bond motifs is 1. The van der Waals surface area contributed by atoms with Crippen LogP contribution >= 0.6 is 0 Å². The Labute approximate surface area is 138 Å². The number of nitrogens with two attached hydrogens (primary N) is 1. The van der Waals surface area contributed by atoms with Crippen molar-refractivity contribution in [3.8, 4) is 0 Å². The third kappa shape index (κ3) is 3.68. The Kier molecular flexibility index (Phi) is 4.36. The molecule has 0 spiro atoms. The number of ether oxygens (including phenoxy) is 1. The number of carbonyl (C=O) groups excluding carboxylic acids is 1. The molecule has 0 radical (unpaired) electrons. The third-order valence-electron chi connectivity index (χ3n) is 4.60. The van der Waals surface area contributed by atoms with Crippen LogP contribution in [0.3, 0.4) is 0 Å². The number of imidazole rings is 1. The van der Waals surface area contributed by atoms with Crippen molar-refractivity contribution in [3.63, 3.8) is 0 Å². The van der Waals surface area contributed by atoms with Crippen molar-refractivity contribution < 1.29 is 9.53 Å². The van der Waals surface area contributed by atoms with Gasteiger partial charge >= 0.3 is 6.09 Å². The van der Waals surface area contributed by atoms with Gasteiger partial charge in [0.25, 0.3) is 0 Å². The molecule has 3 heterocycles. The molecule has 6 nitrogen and oxygen atoms in total. The SMILES string of the molecule is CC(C)(C)OC(=O)N1CCCC(c2ncc3n2CCC(N)C3)C1. The number of piperidine rings is 1. The number of amides is 1. The number of nitrogens with zero attached hydrogens (tertiary/aromatic N) is 3. The van der Waals surface area contributed by atoms with Crippen molar-refractivity contribution in [1.29, 1.82) is 0 Å². The van der Waals surface area contributed by atoms with E-state index in [2.05, 4.69) is 9.55 Å². The standard InChI is InChI=1S/C17H28N4O2/c1-17(2,3)23-16(22)20-7-4-5-12(11-20)15-19-10-14-9-13(18)6-8-21(14)15/h10,12-13H,4-9,11,18H2,1-3H3. The monoisotopic (exact) mass is 320 g/mol. The lowest BCUT2D eigenvalue weighted by Crippen LogP contribution is -2.43. The van der Waals surface area contributed by atoms with E-state index in [-0.39, 0.29) is 12.1 Å². The highest BCUT2D eigenvalue weighted by Gasteiger charge is 2.31. The first-order valence-corrected chi connectivity index (χ1v) is 8.61. The van der Waals surface area contributed by atoms with Crippen LogP contribution in [0.25, 0.3) is 0 Å². The number of likely N-dealkylation sites (tertiary alicyclic amines) is 1. The summed E-state index contributed by atoms with van der Waals surface area (Å²) in [5.74, 6) is 1.40. The predicted octanol–water partition coefficient (Wildman–Crippen LogP) is 2.27. The summed E-state index contributed by atoms with van der Waals surface area (Å²) in [5.41, 5.74) is 6.83. The second kappa shape index (κ2) is 6.15. The van der Waals surface area contributed by atoms with Gasteiger partial charge in [-0.1, -0.05) is 0 Å². The minimum atomic E-state index is -0.452. The van der Waals surface area contributed by atoms with Crippen LogP contribution < -0.4 is 5.73 Å². The molecular formula is C17H28N4O2. The number of aromatic nitrogens is 2. The van der Waals surface area contributed by atoms with Crippen LogP contribution in [0.2, 0.25) is 0 Å². The van der Waals surface area contributed by atoms with E-state index in [1.54, 1.807) is 0 Å². The zero-order valence-electron chi connectivity index (χ0n) is 14.4. The second-order valence-corrected chi connectivity index (χ2v) is 7.78. The summed E-state index contributed by atoms with van der Waals surface area (Å²) in [4.78, 5) is 18.8. The zero-order valence-corrected chi connectivity index (χ0v) is 14.4. The summed E-state index contributed by atoms with van der Waals surface area (Å²) < 4.78 is 7.82. The Morgan fingerprint density at radius 1 is 1.35 bits per heavy atom. The number of carbonyl (C=O) groups is 1. The van der Waals surface area contributed by atoms with Gasteiger partial charge in [0.05, 0.1) is 0 Å². The molecule has 23 heavy (non-hydrogen) atoms. The first-order valence-electron chi connectivity index (χ1n) is 8.61. The highest BCUT2D eigenvalue weighted by atomic mass is 16.6. The summed E-state index contributed by atoms with van der Waals surface area (Å²) in [6.45, 7) is 8.11. The van der Waals surface area contributed by atoms with E-state index < -0.39 is 5.60 Å². The van der Waals surface area contributed by atoms with Gasteiger partial charge in [-0.15, -0.1) is 0 Å². The lowest BCUT2D eigenvalue weighted by Gasteiger charge is -2.34. The van der Waals surface area contributed by atoms with Crippen LogP contribution in [0.4, 0.5) is 4.79 Å². The quantitative estimate of drug-likeness (QED) is 0.861. The number of hydrogen-bond donors (Lipinski definition) is 1. The molecule has 2 aliphatic rings. The predicted molar refractivity (Wildman–Crippen MR) is 88.3 cm³/mol. The Bertz CT molecular complexity index is 576. The van der Waals surface area contributed by atoms with Crippen molar-refractivity contribution in [2.24, 2.45) is 5.73 Å². The van der Waals surface area contributed by atoms with Crippen molar-refractivity contribution in [1.82, 2.24) is 14.5 Å². The van der Waals surface area contributed by atoms with Crippen LogP contribution in [0.1, 0.15) is 57.5 Å². The number of rotatable bonds is 1. The molecule has 2 N–H and O–H groups in total. The molecule has 128 valence electrons. The molecule has 1 saturated heterocycles. The molecule has 6 heteroatoms. The topological polar surface area (TPSA) is 73.4 Å². The van der Waals surface area contributed by atoms with Gasteiger partial charge in [0.2, 0.25) is 0 Å². The van der Waals surface area contributed by atoms with Crippen molar-refractivity contribution in [3.05, 3.63) is 17.7 Å². The Hall–Kier alpha value is -1.56. The highest BCUT2D eigenvalue weighted by Crippen LogP contribution is 2.29. The second-order valence-electron chi connectivity index (χ2n) is 7.78. The van der Waals surface area contributed by atoms with Gasteiger partial charge < -0.3 is 19.9 Å². The summed E-state index contributed by atoms with van der Waals surface area (Å²) in [5, 5.41) is 0. The molecule has 1 fully saturated rings. The Morgan fingerprint density at radius 3 is 2.87 bits per heavy atom. The maximum Gasteiger partial charge on any atom is 0.410 e. The maximum atomic E-state index is 12.3. The van der Waals surface area contributed by atoms with Gasteiger partial charge in [-0.25, -0.2) is 9.78 Å². The summed E-state index contributed by atoms with van der Waals surface area (Å²) in [6.07, 6.45) is 5.71. The fraction of sp³-hybridized carbons (Fsp3) is 0.765. The maximum absolute atomic E-state index is 12.3. The van der Waals surface area contributed by atoms with Crippen LogP contribution in [-0.2, 0) is 17.7 Å². The van der Waals surface area contributed by atoms with Gasteiger partial charge in [-0.3, -0.25) is 0 Å². The van der Waals surface area contributed by atoms with E-state index in [0.717, 1.165) is 44.6 Å². The van der Waals surface area contributed by atoms with Crippen molar-refractivity contribution in [2.45, 2.75) is 70.6 Å². The average Bonchev–Trinajstić information content (AvgIpc) is 2.88. The number of hydrogen-bond acceptors (Lipinski definition) is 4. The van der Waals surface area contributed by atoms with Gasteiger partial charge in [0.15, 0.2) is 0 Å². The normalized spacial score (nSPS) is 25.1. The zero-order chi connectivity index (χ0) is 16.6. The van der Waals surface area contributed by atoms with E-state index in [4.69, 9.17) is 10.5 Å². The van der Waals surface area contributed by atoms with Gasteiger partial charge in [-0.05, 0) is 40.0 Å². The molecule has 0 aliphatic carbocycles. The van der Waals surface area contributed by atoms with Crippen LogP contribution in [0.15, 0.2) is 6.20 Å². The molecule has 1 aromatic heterocycles. The van der Waals surface area contributed by atoms with Gasteiger partial charge in [0.1, 0.15) is 11.4 Å². The van der Waals surface area contributed by atoms with E-state index in [9.17, 15) is 4.79 Å². The first-order chi connectivity index (χ1) is 10.8. The molecule has 0 saturated carbocycles. The van der Waals surface area contributed by atoms with Gasteiger partial charge in [-0.2, -0.15) is 0 Å². The average molecular weight is 320 g/mol. The van der Waals surface area contributed by atoms with E-state index in [1.807, 2.05) is 31.9 Å². The minimum absolute atomic E-state index is 0.213. The summed E-state index contributed by atoms with van der Waals surface area (Å²) >= 11 is 0. The molecule has 1 amide bonds. The largest absolute Gasteiger partial charge is 0.444 e. The lowest BCUT2D eigenvalue weighted by molar-refractivity contribution is 0.0194. The Balaban J connectivity index is 1.71. The third-order valence-corrected chi connectivity index (χ3v) is 4.60. The molecular weight excluding hydrogens is 292 g/mol. The van der Waals surface area contributed by atoms with Gasteiger partial charge in [0, 0.05) is 49.9 Å². The van der Waals surface area contributed by atoms with Crippen molar-refractivity contribution >= 4 is 6.09 Å². The van der Waals surface area contributed by atoms with E-state index in [0.29, 0.717) is 12.5 Å². The van der Waals surface area contributed by atoms with Crippen LogP contribution in [0.5, 0.6) is 0 Å². The fourth-order valence-electron chi connectivity index (χ4n) is 3.52. The molecule has 2 atom stereocenters.